The van der Waals surface area contributed by atoms with Crippen molar-refractivity contribution in [2.75, 3.05) is 25.8 Å². The fourth-order valence-corrected chi connectivity index (χ4v) is 4.18. The molecule has 2 aliphatic rings. The van der Waals surface area contributed by atoms with E-state index in [4.69, 9.17) is 26.4 Å². The van der Waals surface area contributed by atoms with Gasteiger partial charge in [0.15, 0.2) is 16.6 Å². The summed E-state index contributed by atoms with van der Waals surface area (Å²) >= 11 is 5.86. The minimum Gasteiger partial charge on any atom is -0.495 e. The zero-order valence-corrected chi connectivity index (χ0v) is 18.3. The second-order valence-electron chi connectivity index (χ2n) is 7.85. The van der Waals surface area contributed by atoms with E-state index in [1.54, 1.807) is 7.11 Å². The number of fused-ring (bicyclic) bond motifs is 1. The average Bonchev–Trinajstić information content (AvgIpc) is 3.22. The van der Waals surface area contributed by atoms with Gasteiger partial charge in [-0.3, -0.25) is 0 Å². The van der Waals surface area contributed by atoms with Crippen LogP contribution in [0.2, 0.25) is 0 Å². The molecule has 1 aliphatic carbocycles. The maximum atomic E-state index is 5.86. The topological polar surface area (TPSA) is 43.0 Å². The van der Waals surface area contributed by atoms with Gasteiger partial charge in [-0.25, -0.2) is 0 Å². The molecule has 158 valence electrons. The predicted octanol–water partition coefficient (Wildman–Crippen LogP) is 5.29. The van der Waals surface area contributed by atoms with Crippen LogP contribution >= 0.6 is 12.2 Å². The van der Waals surface area contributed by atoms with E-state index in [-0.39, 0.29) is 6.79 Å². The van der Waals surface area contributed by atoms with Crippen LogP contribution in [-0.4, -0.2) is 30.5 Å². The molecule has 2 aromatic rings. The largest absolute Gasteiger partial charge is 0.495 e. The number of anilines is 1. The monoisotopic (exact) mass is 424 g/mol. The van der Waals surface area contributed by atoms with E-state index in [1.165, 1.54) is 6.42 Å². The molecule has 6 heteroatoms. The fraction of sp³-hybridized carbons (Fsp3) is 0.375. The summed E-state index contributed by atoms with van der Waals surface area (Å²) in [5.74, 6) is 2.97. The van der Waals surface area contributed by atoms with Gasteiger partial charge in [0.1, 0.15) is 5.75 Å². The predicted molar refractivity (Wildman–Crippen MR) is 123 cm³/mol. The number of rotatable bonds is 6. The van der Waals surface area contributed by atoms with Gasteiger partial charge < -0.3 is 24.4 Å². The number of aryl methyl sites for hydroxylation is 1. The highest BCUT2D eigenvalue weighted by molar-refractivity contribution is 7.80. The number of allylic oxidation sites excluding steroid dienone is 2. The normalized spacial score (nSPS) is 16.9. The first-order chi connectivity index (χ1) is 14.6. The van der Waals surface area contributed by atoms with Crippen molar-refractivity contribution < 1.29 is 14.2 Å². The minimum atomic E-state index is 0.282. The molecule has 1 aliphatic heterocycles. The van der Waals surface area contributed by atoms with Crippen molar-refractivity contribution in [3.8, 4) is 17.2 Å². The third kappa shape index (κ3) is 4.87. The van der Waals surface area contributed by atoms with E-state index in [9.17, 15) is 0 Å². The van der Waals surface area contributed by atoms with E-state index in [0.717, 1.165) is 53.4 Å². The molecule has 0 spiro atoms. The second kappa shape index (κ2) is 9.39. The lowest BCUT2D eigenvalue weighted by Crippen LogP contribution is -2.38. The molecule has 0 saturated carbocycles. The Morgan fingerprint density at radius 3 is 2.83 bits per heavy atom. The van der Waals surface area contributed by atoms with Crippen LogP contribution < -0.4 is 19.5 Å². The number of nitrogens with zero attached hydrogens (tertiary/aromatic N) is 1. The third-order valence-corrected chi connectivity index (χ3v) is 5.91. The molecule has 0 fully saturated rings. The Hall–Kier alpha value is -2.73. The van der Waals surface area contributed by atoms with Crippen molar-refractivity contribution in [1.82, 2.24) is 4.90 Å². The molecule has 4 rings (SSSR count). The van der Waals surface area contributed by atoms with Gasteiger partial charge in [-0.05, 0) is 79.7 Å². The van der Waals surface area contributed by atoms with Crippen LogP contribution in [0.15, 0.2) is 48.6 Å². The van der Waals surface area contributed by atoms with Gasteiger partial charge in [0, 0.05) is 13.1 Å². The molecule has 0 bridgehead atoms. The van der Waals surface area contributed by atoms with Crippen LogP contribution in [0.1, 0.15) is 30.4 Å². The number of benzene rings is 2. The molecular formula is C24H28N2O3S. The molecule has 0 amide bonds. The molecule has 0 radical (unpaired) electrons. The Morgan fingerprint density at radius 1 is 1.17 bits per heavy atom. The maximum absolute atomic E-state index is 5.86. The van der Waals surface area contributed by atoms with Crippen LogP contribution in [0.25, 0.3) is 0 Å². The van der Waals surface area contributed by atoms with Crippen molar-refractivity contribution >= 4 is 23.0 Å². The number of methoxy groups -OCH3 is 1. The highest BCUT2D eigenvalue weighted by Gasteiger charge is 2.20. The molecule has 1 atom stereocenters. The van der Waals surface area contributed by atoms with Crippen LogP contribution in [-0.2, 0) is 6.54 Å². The lowest BCUT2D eigenvalue weighted by molar-refractivity contribution is 0.174. The van der Waals surface area contributed by atoms with Gasteiger partial charge in [-0.15, -0.1) is 0 Å². The summed E-state index contributed by atoms with van der Waals surface area (Å²) in [6, 6.07) is 12.2. The summed E-state index contributed by atoms with van der Waals surface area (Å²) in [7, 11) is 1.68. The Bertz CT molecular complexity index is 944. The van der Waals surface area contributed by atoms with E-state index in [2.05, 4.69) is 41.4 Å². The van der Waals surface area contributed by atoms with E-state index < -0.39 is 0 Å². The van der Waals surface area contributed by atoms with Gasteiger partial charge >= 0.3 is 0 Å². The number of nitrogens with one attached hydrogen (secondary N) is 1. The first-order valence-corrected chi connectivity index (χ1v) is 10.8. The second-order valence-corrected chi connectivity index (χ2v) is 8.24. The van der Waals surface area contributed by atoms with Crippen molar-refractivity contribution in [3.05, 3.63) is 59.7 Å². The molecule has 1 unspecified atom stereocenters. The Kier molecular flexibility index (Phi) is 6.43. The average molecular weight is 425 g/mol. The lowest BCUT2D eigenvalue weighted by Gasteiger charge is -2.31. The highest BCUT2D eigenvalue weighted by atomic mass is 32.1. The Labute approximate surface area is 183 Å². The van der Waals surface area contributed by atoms with Gasteiger partial charge in [0.05, 0.1) is 12.8 Å². The Balaban J connectivity index is 1.54. The standard InChI is InChI=1S/C24H28N2O3S/c1-17-8-10-21(27-2)20(12-17)25-24(30)26(14-18-6-4-3-5-7-18)15-19-9-11-22-23(13-19)29-16-28-22/h3-4,8-13,18H,5-7,14-16H2,1-2H3,(H,25,30). The quantitative estimate of drug-likeness (QED) is 0.502. The van der Waals surface area contributed by atoms with Crippen LogP contribution in [0.4, 0.5) is 5.69 Å². The van der Waals surface area contributed by atoms with Crippen molar-refractivity contribution in [1.29, 1.82) is 0 Å². The SMILES string of the molecule is COc1ccc(C)cc1NC(=S)N(Cc1ccc2c(c1)OCO2)CC1CC=CCC1. The summed E-state index contributed by atoms with van der Waals surface area (Å²) in [6.07, 6.45) is 7.97. The first kappa shape index (κ1) is 20.5. The van der Waals surface area contributed by atoms with Gasteiger partial charge in [-0.1, -0.05) is 24.3 Å². The summed E-state index contributed by atoms with van der Waals surface area (Å²) in [6.45, 7) is 3.95. The van der Waals surface area contributed by atoms with Gasteiger partial charge in [0.25, 0.3) is 0 Å². The molecular weight excluding hydrogens is 396 g/mol. The summed E-state index contributed by atoms with van der Waals surface area (Å²) < 4.78 is 16.5. The number of ether oxygens (including phenoxy) is 3. The van der Waals surface area contributed by atoms with Crippen LogP contribution in [0.5, 0.6) is 17.2 Å². The molecule has 0 saturated heterocycles. The van der Waals surface area contributed by atoms with E-state index in [0.29, 0.717) is 17.6 Å². The van der Waals surface area contributed by atoms with Crippen LogP contribution in [0, 0.1) is 12.8 Å². The molecule has 2 aromatic carbocycles. The smallest absolute Gasteiger partial charge is 0.231 e. The zero-order valence-electron chi connectivity index (χ0n) is 17.5. The van der Waals surface area contributed by atoms with Crippen molar-refractivity contribution in [2.24, 2.45) is 5.92 Å². The lowest BCUT2D eigenvalue weighted by atomic mass is 9.94. The number of hydrogen-bond acceptors (Lipinski definition) is 4. The molecule has 0 aromatic heterocycles. The Morgan fingerprint density at radius 2 is 2.03 bits per heavy atom. The molecule has 1 heterocycles. The fourth-order valence-electron chi connectivity index (χ4n) is 3.93. The number of thiocarbonyl (C=S) groups is 1. The minimum absolute atomic E-state index is 0.282. The molecule has 5 nitrogen and oxygen atoms in total. The van der Waals surface area contributed by atoms with Crippen molar-refractivity contribution in [3.63, 3.8) is 0 Å². The number of hydrogen-bond donors (Lipinski definition) is 1. The van der Waals surface area contributed by atoms with E-state index in [1.807, 2.05) is 24.3 Å². The third-order valence-electron chi connectivity index (χ3n) is 5.55. The van der Waals surface area contributed by atoms with Gasteiger partial charge in [0.2, 0.25) is 6.79 Å². The zero-order chi connectivity index (χ0) is 20.9. The maximum Gasteiger partial charge on any atom is 0.231 e. The first-order valence-electron chi connectivity index (χ1n) is 10.4. The summed E-state index contributed by atoms with van der Waals surface area (Å²) in [5.41, 5.74) is 3.19. The highest BCUT2D eigenvalue weighted by Crippen LogP contribution is 2.33. The van der Waals surface area contributed by atoms with Crippen molar-refractivity contribution in [2.45, 2.75) is 32.7 Å². The van der Waals surface area contributed by atoms with E-state index >= 15 is 0 Å². The van der Waals surface area contributed by atoms with Crippen LogP contribution in [0.3, 0.4) is 0 Å². The summed E-state index contributed by atoms with van der Waals surface area (Å²) in [4.78, 5) is 2.25. The van der Waals surface area contributed by atoms with Gasteiger partial charge in [-0.2, -0.15) is 0 Å². The molecule has 30 heavy (non-hydrogen) atoms. The summed E-state index contributed by atoms with van der Waals surface area (Å²) in [5, 5.41) is 4.12. The molecule has 1 N–H and O–H groups in total.